The van der Waals surface area contributed by atoms with Gasteiger partial charge in [0.15, 0.2) is 0 Å². The minimum Gasteiger partial charge on any atom is -0.326 e. The van der Waals surface area contributed by atoms with Crippen LogP contribution < -0.4 is 16.2 Å². The van der Waals surface area contributed by atoms with Gasteiger partial charge in [-0.15, -0.1) is 0 Å². The first-order chi connectivity index (χ1) is 8.15. The highest BCUT2D eigenvalue weighted by Gasteiger charge is 2.26. The smallest absolute Gasteiger partial charge is 0.239 e. The van der Waals surface area contributed by atoms with Crippen molar-refractivity contribution >= 4 is 17.5 Å². The molecule has 0 bridgehead atoms. The second-order valence-corrected chi connectivity index (χ2v) is 4.19. The van der Waals surface area contributed by atoms with Crippen molar-refractivity contribution in [3.63, 3.8) is 0 Å². The molecule has 0 radical (unpaired) electrons. The van der Waals surface area contributed by atoms with Gasteiger partial charge >= 0.3 is 0 Å². The van der Waals surface area contributed by atoms with Gasteiger partial charge in [-0.25, -0.2) is 5.43 Å². The van der Waals surface area contributed by atoms with Crippen molar-refractivity contribution in [1.82, 2.24) is 10.9 Å². The average Bonchev–Trinajstić information content (AvgIpc) is 2.68. The molecule has 1 heterocycles. The van der Waals surface area contributed by atoms with Gasteiger partial charge in [0.2, 0.25) is 11.8 Å². The second kappa shape index (κ2) is 4.97. The molecule has 1 aromatic rings. The summed E-state index contributed by atoms with van der Waals surface area (Å²) in [4.78, 5) is 22.9. The third-order valence-corrected chi connectivity index (χ3v) is 2.70. The quantitative estimate of drug-likeness (QED) is 0.715. The molecule has 0 aliphatic carbocycles. The minimum atomic E-state index is -0.277. The van der Waals surface area contributed by atoms with Crippen molar-refractivity contribution in [2.75, 3.05) is 11.9 Å². The van der Waals surface area contributed by atoms with Gasteiger partial charge in [-0.3, -0.25) is 15.0 Å². The summed E-state index contributed by atoms with van der Waals surface area (Å²) in [7, 11) is 0. The molecule has 2 rings (SSSR count). The van der Waals surface area contributed by atoms with Crippen LogP contribution in [0.1, 0.15) is 12.0 Å². The second-order valence-electron chi connectivity index (χ2n) is 4.19. The van der Waals surface area contributed by atoms with Crippen LogP contribution in [0.25, 0.3) is 0 Å². The van der Waals surface area contributed by atoms with E-state index in [0.29, 0.717) is 6.54 Å². The van der Waals surface area contributed by atoms with Crippen LogP contribution in [0.5, 0.6) is 0 Å². The van der Waals surface area contributed by atoms with E-state index in [2.05, 4.69) is 16.2 Å². The van der Waals surface area contributed by atoms with Crippen LogP contribution in [0, 0.1) is 12.8 Å². The molecule has 1 saturated heterocycles. The van der Waals surface area contributed by atoms with Gasteiger partial charge in [-0.1, -0.05) is 17.7 Å². The summed E-state index contributed by atoms with van der Waals surface area (Å²) in [5.74, 6) is -0.540. The van der Waals surface area contributed by atoms with Crippen molar-refractivity contribution in [3.8, 4) is 0 Å². The molecule has 0 aromatic heterocycles. The predicted molar refractivity (Wildman–Crippen MR) is 64.1 cm³/mol. The lowest BCUT2D eigenvalue weighted by Crippen LogP contribution is -2.27. The number of hydrogen-bond acceptors (Lipinski definition) is 3. The van der Waals surface area contributed by atoms with Gasteiger partial charge in [0, 0.05) is 18.7 Å². The minimum absolute atomic E-state index is 0.121. The van der Waals surface area contributed by atoms with Crippen LogP contribution in [0.3, 0.4) is 0 Å². The lowest BCUT2D eigenvalue weighted by atomic mass is 10.1. The van der Waals surface area contributed by atoms with Crippen molar-refractivity contribution in [3.05, 3.63) is 29.8 Å². The first-order valence-electron chi connectivity index (χ1n) is 5.54. The number of aryl methyl sites for hydroxylation is 1. The molecule has 1 aliphatic heterocycles. The molecule has 17 heavy (non-hydrogen) atoms. The fraction of sp³-hybridized carbons (Fsp3) is 0.333. The van der Waals surface area contributed by atoms with E-state index < -0.39 is 0 Å². The lowest BCUT2D eigenvalue weighted by molar-refractivity contribution is -0.126. The summed E-state index contributed by atoms with van der Waals surface area (Å²) >= 11 is 0. The summed E-state index contributed by atoms with van der Waals surface area (Å²) in [6.07, 6.45) is 0.201. The van der Waals surface area contributed by atoms with Gasteiger partial charge in [-0.2, -0.15) is 0 Å². The zero-order valence-electron chi connectivity index (χ0n) is 9.62. The van der Waals surface area contributed by atoms with E-state index in [1.54, 1.807) is 0 Å². The molecule has 0 saturated carbocycles. The fourth-order valence-corrected chi connectivity index (χ4v) is 1.69. The Bertz CT molecular complexity index is 428. The largest absolute Gasteiger partial charge is 0.326 e. The predicted octanol–water partition coefficient (Wildman–Crippen LogP) is 0.574. The van der Waals surface area contributed by atoms with Crippen LogP contribution in [-0.4, -0.2) is 18.4 Å². The number of carbonyl (C=O) groups excluding carboxylic acids is 2. The Labute approximate surface area is 99.6 Å². The van der Waals surface area contributed by atoms with Crippen molar-refractivity contribution in [2.45, 2.75) is 13.3 Å². The molecule has 5 nitrogen and oxygen atoms in total. The van der Waals surface area contributed by atoms with E-state index in [1.165, 1.54) is 0 Å². The monoisotopic (exact) mass is 233 g/mol. The highest BCUT2D eigenvalue weighted by molar-refractivity contribution is 5.94. The van der Waals surface area contributed by atoms with Crippen molar-refractivity contribution in [1.29, 1.82) is 0 Å². The van der Waals surface area contributed by atoms with Gasteiger partial charge in [0.1, 0.15) is 0 Å². The molecule has 1 atom stereocenters. The molecular weight excluding hydrogens is 218 g/mol. The summed E-state index contributed by atoms with van der Waals surface area (Å²) < 4.78 is 0. The number of hydrazine groups is 1. The number of carbonyl (C=O) groups is 2. The molecule has 3 N–H and O–H groups in total. The molecule has 1 aliphatic rings. The Morgan fingerprint density at radius 2 is 2.12 bits per heavy atom. The number of nitrogens with one attached hydrogen (secondary N) is 3. The van der Waals surface area contributed by atoms with E-state index in [4.69, 9.17) is 0 Å². The Balaban J connectivity index is 1.88. The summed E-state index contributed by atoms with van der Waals surface area (Å²) in [6, 6.07) is 7.55. The van der Waals surface area contributed by atoms with Crippen LogP contribution >= 0.6 is 0 Å². The fourth-order valence-electron chi connectivity index (χ4n) is 1.69. The Morgan fingerprint density at radius 1 is 1.41 bits per heavy atom. The number of hydrogen-bond donors (Lipinski definition) is 3. The summed E-state index contributed by atoms with van der Waals surface area (Å²) in [5, 5.41) is 2.77. The maximum Gasteiger partial charge on any atom is 0.239 e. The van der Waals surface area contributed by atoms with E-state index in [-0.39, 0.29) is 24.2 Å². The summed E-state index contributed by atoms with van der Waals surface area (Å²) in [6.45, 7) is 2.49. The zero-order chi connectivity index (χ0) is 12.3. The van der Waals surface area contributed by atoms with Gasteiger partial charge in [0.25, 0.3) is 0 Å². The highest BCUT2D eigenvalue weighted by Crippen LogP contribution is 2.11. The maximum absolute atomic E-state index is 11.7. The van der Waals surface area contributed by atoms with Crippen LogP contribution in [0.15, 0.2) is 24.3 Å². The Morgan fingerprint density at radius 3 is 2.71 bits per heavy atom. The Hall–Kier alpha value is -1.88. The molecule has 1 unspecified atom stereocenters. The third kappa shape index (κ3) is 3.04. The Kier molecular flexibility index (Phi) is 3.39. The molecule has 0 spiro atoms. The molecular formula is C12H15N3O2. The van der Waals surface area contributed by atoms with Gasteiger partial charge in [-0.05, 0) is 19.1 Å². The van der Waals surface area contributed by atoms with Crippen molar-refractivity contribution in [2.24, 2.45) is 5.92 Å². The first-order valence-corrected chi connectivity index (χ1v) is 5.54. The zero-order valence-corrected chi connectivity index (χ0v) is 9.62. The number of benzene rings is 1. The first kappa shape index (κ1) is 11.6. The standard InChI is InChI=1S/C12H15N3O2/c1-8-2-4-10(5-3-8)14-11(16)6-9-7-13-15-12(9)17/h2-5,9,13H,6-7H2,1H3,(H,14,16)(H,15,17). The third-order valence-electron chi connectivity index (χ3n) is 2.70. The van der Waals surface area contributed by atoms with Crippen LogP contribution in [0.4, 0.5) is 5.69 Å². The van der Waals surface area contributed by atoms with E-state index >= 15 is 0 Å². The molecule has 2 amide bonds. The average molecular weight is 233 g/mol. The highest BCUT2D eigenvalue weighted by atomic mass is 16.2. The molecule has 5 heteroatoms. The SMILES string of the molecule is Cc1ccc(NC(=O)CC2CNNC2=O)cc1. The molecule has 1 aromatic carbocycles. The number of anilines is 1. The normalized spacial score (nSPS) is 18.9. The van der Waals surface area contributed by atoms with Gasteiger partial charge < -0.3 is 5.32 Å². The van der Waals surface area contributed by atoms with Crippen LogP contribution in [0.2, 0.25) is 0 Å². The number of rotatable bonds is 3. The van der Waals surface area contributed by atoms with E-state index in [9.17, 15) is 9.59 Å². The lowest BCUT2D eigenvalue weighted by Gasteiger charge is -2.07. The van der Waals surface area contributed by atoms with Gasteiger partial charge in [0.05, 0.1) is 5.92 Å². The molecule has 90 valence electrons. The number of amides is 2. The van der Waals surface area contributed by atoms with E-state index in [0.717, 1.165) is 11.3 Å². The molecule has 1 fully saturated rings. The topological polar surface area (TPSA) is 70.2 Å². The maximum atomic E-state index is 11.7. The van der Waals surface area contributed by atoms with Crippen molar-refractivity contribution < 1.29 is 9.59 Å². The van der Waals surface area contributed by atoms with E-state index in [1.807, 2.05) is 31.2 Å². The summed E-state index contributed by atoms with van der Waals surface area (Å²) in [5.41, 5.74) is 7.09. The van der Waals surface area contributed by atoms with Crippen LogP contribution in [-0.2, 0) is 9.59 Å².